The number of ether oxygens (including phenoxy) is 1. The van der Waals surface area contributed by atoms with Gasteiger partial charge in [0.05, 0.1) is 19.3 Å². The molecule has 0 saturated carbocycles. The minimum Gasteiger partial charge on any atom is -0.391 e. The van der Waals surface area contributed by atoms with E-state index in [-0.39, 0.29) is 6.10 Å². The van der Waals surface area contributed by atoms with E-state index in [4.69, 9.17) is 4.74 Å². The molecule has 0 radical (unpaired) electrons. The predicted molar refractivity (Wildman–Crippen MR) is 99.7 cm³/mol. The number of rotatable bonds is 7. The van der Waals surface area contributed by atoms with Gasteiger partial charge in [0.25, 0.3) is 0 Å². The number of hydrogen-bond acceptors (Lipinski definition) is 4. The summed E-state index contributed by atoms with van der Waals surface area (Å²) in [5.41, 5.74) is 2.64. The first-order chi connectivity index (χ1) is 11.8. The van der Waals surface area contributed by atoms with Crippen LogP contribution in [0.15, 0.2) is 59.5 Å². The second kappa shape index (κ2) is 9.23. The molecule has 128 valence electrons. The first-order valence-corrected chi connectivity index (χ1v) is 9.52. The Morgan fingerprint density at radius 1 is 1.00 bits per heavy atom. The van der Waals surface area contributed by atoms with Crippen LogP contribution in [0.5, 0.6) is 0 Å². The molecule has 1 fully saturated rings. The first-order valence-electron chi connectivity index (χ1n) is 8.53. The standard InChI is InChI=1S/C20H25NO2S/c22-19(15-21-9-11-23-12-10-21)16-24-20-8-4-7-18(14-20)13-17-5-2-1-3-6-17/h1-8,14,19,22H,9-13,15-16H2. The van der Waals surface area contributed by atoms with E-state index in [2.05, 4.69) is 53.4 Å². The summed E-state index contributed by atoms with van der Waals surface area (Å²) < 4.78 is 5.34. The first kappa shape index (κ1) is 17.5. The van der Waals surface area contributed by atoms with E-state index < -0.39 is 0 Å². The fourth-order valence-corrected chi connectivity index (χ4v) is 3.80. The molecule has 3 nitrogen and oxygen atoms in total. The van der Waals surface area contributed by atoms with Crippen LogP contribution in [0.2, 0.25) is 0 Å². The smallest absolute Gasteiger partial charge is 0.0760 e. The van der Waals surface area contributed by atoms with Gasteiger partial charge in [0.15, 0.2) is 0 Å². The average molecular weight is 343 g/mol. The van der Waals surface area contributed by atoms with Crippen molar-refractivity contribution in [3.63, 3.8) is 0 Å². The molecule has 1 atom stereocenters. The van der Waals surface area contributed by atoms with Crippen LogP contribution < -0.4 is 0 Å². The van der Waals surface area contributed by atoms with Gasteiger partial charge in [-0.05, 0) is 29.7 Å². The monoisotopic (exact) mass is 343 g/mol. The van der Waals surface area contributed by atoms with Crippen LogP contribution >= 0.6 is 11.8 Å². The number of nitrogens with zero attached hydrogens (tertiary/aromatic N) is 1. The summed E-state index contributed by atoms with van der Waals surface area (Å²) in [5, 5.41) is 10.3. The molecule has 1 heterocycles. The summed E-state index contributed by atoms with van der Waals surface area (Å²) in [6.07, 6.45) is 0.650. The molecule has 24 heavy (non-hydrogen) atoms. The second-order valence-corrected chi connectivity index (χ2v) is 7.28. The number of thioether (sulfide) groups is 1. The lowest BCUT2D eigenvalue weighted by atomic mass is 10.1. The van der Waals surface area contributed by atoms with Crippen LogP contribution in [0.3, 0.4) is 0 Å². The number of morpholine rings is 1. The van der Waals surface area contributed by atoms with E-state index in [1.165, 1.54) is 16.0 Å². The molecule has 4 heteroatoms. The van der Waals surface area contributed by atoms with E-state index >= 15 is 0 Å². The lowest BCUT2D eigenvalue weighted by Gasteiger charge is -2.28. The summed E-state index contributed by atoms with van der Waals surface area (Å²) in [6.45, 7) is 4.14. The highest BCUT2D eigenvalue weighted by atomic mass is 32.2. The van der Waals surface area contributed by atoms with Crippen molar-refractivity contribution in [2.24, 2.45) is 0 Å². The van der Waals surface area contributed by atoms with Gasteiger partial charge < -0.3 is 9.84 Å². The summed E-state index contributed by atoms with van der Waals surface area (Å²) in [7, 11) is 0. The van der Waals surface area contributed by atoms with E-state index in [1.807, 2.05) is 6.07 Å². The Labute approximate surface area is 148 Å². The van der Waals surface area contributed by atoms with Crippen molar-refractivity contribution in [2.45, 2.75) is 17.4 Å². The molecule has 1 N–H and O–H groups in total. The van der Waals surface area contributed by atoms with Crippen LogP contribution in [0, 0.1) is 0 Å². The Balaban J connectivity index is 1.49. The Kier molecular flexibility index (Phi) is 6.73. The zero-order valence-corrected chi connectivity index (χ0v) is 14.8. The molecule has 0 aromatic heterocycles. The molecule has 2 aromatic carbocycles. The lowest BCUT2D eigenvalue weighted by molar-refractivity contribution is 0.0188. The van der Waals surface area contributed by atoms with Crippen molar-refractivity contribution in [2.75, 3.05) is 38.6 Å². The quantitative estimate of drug-likeness (QED) is 0.783. The van der Waals surface area contributed by atoms with E-state index in [1.54, 1.807) is 11.8 Å². The van der Waals surface area contributed by atoms with Gasteiger partial charge in [-0.15, -0.1) is 11.8 Å². The summed E-state index contributed by atoms with van der Waals surface area (Å²) >= 11 is 1.73. The van der Waals surface area contributed by atoms with Gasteiger partial charge >= 0.3 is 0 Å². The third-order valence-corrected chi connectivity index (χ3v) is 5.30. The fourth-order valence-electron chi connectivity index (χ4n) is 2.90. The molecule has 0 bridgehead atoms. The Bertz CT molecular complexity index is 614. The highest BCUT2D eigenvalue weighted by Gasteiger charge is 2.15. The third-order valence-electron chi connectivity index (χ3n) is 4.16. The van der Waals surface area contributed by atoms with Crippen LogP contribution in [-0.4, -0.2) is 54.7 Å². The highest BCUT2D eigenvalue weighted by Crippen LogP contribution is 2.22. The maximum Gasteiger partial charge on any atom is 0.0760 e. The molecule has 1 aliphatic heterocycles. The summed E-state index contributed by atoms with van der Waals surface area (Å²) in [5.74, 6) is 0.728. The van der Waals surface area contributed by atoms with Gasteiger partial charge in [0, 0.05) is 30.3 Å². The maximum absolute atomic E-state index is 10.3. The van der Waals surface area contributed by atoms with Gasteiger partial charge in [-0.25, -0.2) is 0 Å². The molecular formula is C20H25NO2S. The molecule has 1 saturated heterocycles. The number of β-amino-alcohol motifs (C(OH)–C–C–N with tert-alkyl or cyclic N) is 1. The number of aliphatic hydroxyl groups is 1. The van der Waals surface area contributed by atoms with E-state index in [0.717, 1.165) is 45.0 Å². The Hall–Kier alpha value is -1.33. The van der Waals surface area contributed by atoms with Crippen LogP contribution in [0.4, 0.5) is 0 Å². The molecule has 3 rings (SSSR count). The zero-order valence-electron chi connectivity index (χ0n) is 13.9. The van der Waals surface area contributed by atoms with Crippen molar-refractivity contribution >= 4 is 11.8 Å². The molecular weight excluding hydrogens is 318 g/mol. The molecule has 0 spiro atoms. The number of hydrogen-bond donors (Lipinski definition) is 1. The van der Waals surface area contributed by atoms with Gasteiger partial charge in [0.2, 0.25) is 0 Å². The Morgan fingerprint density at radius 3 is 2.54 bits per heavy atom. The zero-order chi connectivity index (χ0) is 16.6. The van der Waals surface area contributed by atoms with Crippen molar-refractivity contribution in [1.82, 2.24) is 4.90 Å². The van der Waals surface area contributed by atoms with Gasteiger partial charge in [-0.2, -0.15) is 0 Å². The largest absolute Gasteiger partial charge is 0.391 e. The minimum absolute atomic E-state index is 0.300. The SMILES string of the molecule is OC(CSc1cccc(Cc2ccccc2)c1)CN1CCOCC1. The summed E-state index contributed by atoms with van der Waals surface area (Å²) in [6, 6.07) is 19.2. The lowest BCUT2D eigenvalue weighted by Crippen LogP contribution is -2.41. The minimum atomic E-state index is -0.300. The normalized spacial score (nSPS) is 16.9. The number of benzene rings is 2. The van der Waals surface area contributed by atoms with Gasteiger partial charge in [-0.1, -0.05) is 42.5 Å². The predicted octanol–water partition coefficient (Wildman–Crippen LogP) is 3.06. The maximum atomic E-state index is 10.3. The summed E-state index contributed by atoms with van der Waals surface area (Å²) in [4.78, 5) is 3.50. The van der Waals surface area contributed by atoms with Crippen molar-refractivity contribution in [1.29, 1.82) is 0 Å². The fraction of sp³-hybridized carbons (Fsp3) is 0.400. The van der Waals surface area contributed by atoms with Crippen LogP contribution in [-0.2, 0) is 11.2 Å². The van der Waals surface area contributed by atoms with Gasteiger partial charge in [-0.3, -0.25) is 4.90 Å². The van der Waals surface area contributed by atoms with Crippen molar-refractivity contribution < 1.29 is 9.84 Å². The molecule has 0 amide bonds. The van der Waals surface area contributed by atoms with E-state index in [0.29, 0.717) is 0 Å². The van der Waals surface area contributed by atoms with Crippen LogP contribution in [0.1, 0.15) is 11.1 Å². The van der Waals surface area contributed by atoms with Crippen molar-refractivity contribution in [3.8, 4) is 0 Å². The van der Waals surface area contributed by atoms with Crippen molar-refractivity contribution in [3.05, 3.63) is 65.7 Å². The topological polar surface area (TPSA) is 32.7 Å². The second-order valence-electron chi connectivity index (χ2n) is 6.19. The van der Waals surface area contributed by atoms with Crippen LogP contribution in [0.25, 0.3) is 0 Å². The average Bonchev–Trinajstić information content (AvgIpc) is 2.62. The third kappa shape index (κ3) is 5.64. The molecule has 2 aromatic rings. The highest BCUT2D eigenvalue weighted by molar-refractivity contribution is 7.99. The Morgan fingerprint density at radius 2 is 1.75 bits per heavy atom. The van der Waals surface area contributed by atoms with E-state index in [9.17, 15) is 5.11 Å². The van der Waals surface area contributed by atoms with Gasteiger partial charge in [0.1, 0.15) is 0 Å². The molecule has 1 aliphatic rings. The molecule has 1 unspecified atom stereocenters. The molecule has 0 aliphatic carbocycles. The number of aliphatic hydroxyl groups excluding tert-OH is 1.